The molecule has 0 bridgehead atoms. The van der Waals surface area contributed by atoms with Crippen molar-refractivity contribution in [3.63, 3.8) is 0 Å². The SMILES string of the molecule is N/C(=N/O)c1cccc(COCc2ccccc2Cl)c1F. The maximum atomic E-state index is 14.1. The van der Waals surface area contributed by atoms with Crippen LogP contribution in [0.5, 0.6) is 0 Å². The summed E-state index contributed by atoms with van der Waals surface area (Å²) in [6, 6.07) is 11.9. The molecule has 2 rings (SSSR count). The Morgan fingerprint density at radius 3 is 2.52 bits per heavy atom. The summed E-state index contributed by atoms with van der Waals surface area (Å²) in [5.74, 6) is -0.840. The average Bonchev–Trinajstić information content (AvgIpc) is 2.50. The smallest absolute Gasteiger partial charge is 0.173 e. The Kier molecular flexibility index (Phi) is 5.14. The lowest BCUT2D eigenvalue weighted by Gasteiger charge is -2.09. The number of oxime groups is 1. The van der Waals surface area contributed by atoms with Gasteiger partial charge in [-0.05, 0) is 17.7 Å². The largest absolute Gasteiger partial charge is 0.409 e. The van der Waals surface area contributed by atoms with Crippen LogP contribution in [0.4, 0.5) is 4.39 Å². The Morgan fingerprint density at radius 1 is 1.14 bits per heavy atom. The van der Waals surface area contributed by atoms with Crippen molar-refractivity contribution < 1.29 is 14.3 Å². The van der Waals surface area contributed by atoms with Crippen molar-refractivity contribution in [3.8, 4) is 0 Å². The summed E-state index contributed by atoms with van der Waals surface area (Å²) in [6.45, 7) is 0.330. The Bertz CT molecular complexity index is 662. The van der Waals surface area contributed by atoms with Crippen molar-refractivity contribution in [2.75, 3.05) is 0 Å². The Balaban J connectivity index is 2.06. The molecule has 0 aromatic heterocycles. The minimum absolute atomic E-state index is 0.0383. The highest BCUT2D eigenvalue weighted by Crippen LogP contribution is 2.18. The average molecular weight is 309 g/mol. The lowest BCUT2D eigenvalue weighted by molar-refractivity contribution is 0.105. The van der Waals surface area contributed by atoms with E-state index in [-0.39, 0.29) is 24.6 Å². The molecule has 0 aliphatic carbocycles. The van der Waals surface area contributed by atoms with Gasteiger partial charge in [0.2, 0.25) is 0 Å². The number of rotatable bonds is 5. The minimum atomic E-state index is -0.563. The van der Waals surface area contributed by atoms with E-state index in [2.05, 4.69) is 5.16 Å². The standard InChI is InChI=1S/C15H14ClFN2O2/c16-13-7-2-1-4-10(13)8-21-9-11-5-3-6-12(14(11)17)15(18)19-20/h1-7,20H,8-9H2,(H2,18,19). The van der Waals surface area contributed by atoms with E-state index in [0.29, 0.717) is 10.6 Å². The fraction of sp³-hybridized carbons (Fsp3) is 0.133. The van der Waals surface area contributed by atoms with Crippen LogP contribution in [-0.4, -0.2) is 11.0 Å². The summed E-state index contributed by atoms with van der Waals surface area (Å²) in [5, 5.41) is 12.0. The van der Waals surface area contributed by atoms with Crippen molar-refractivity contribution in [2.45, 2.75) is 13.2 Å². The molecule has 0 spiro atoms. The molecule has 0 unspecified atom stereocenters. The molecule has 0 heterocycles. The van der Waals surface area contributed by atoms with E-state index in [0.717, 1.165) is 5.56 Å². The number of benzene rings is 2. The van der Waals surface area contributed by atoms with E-state index >= 15 is 0 Å². The predicted molar refractivity (Wildman–Crippen MR) is 78.9 cm³/mol. The van der Waals surface area contributed by atoms with Crippen molar-refractivity contribution in [2.24, 2.45) is 10.9 Å². The number of hydrogen-bond acceptors (Lipinski definition) is 3. The molecule has 6 heteroatoms. The molecule has 2 aromatic carbocycles. The van der Waals surface area contributed by atoms with Gasteiger partial charge < -0.3 is 15.7 Å². The zero-order valence-corrected chi connectivity index (χ0v) is 11.8. The molecular formula is C15H14ClFN2O2. The topological polar surface area (TPSA) is 67.8 Å². The maximum absolute atomic E-state index is 14.1. The Hall–Kier alpha value is -2.11. The molecule has 3 N–H and O–H groups in total. The second kappa shape index (κ2) is 7.06. The van der Waals surface area contributed by atoms with E-state index in [1.54, 1.807) is 18.2 Å². The van der Waals surface area contributed by atoms with Gasteiger partial charge in [-0.3, -0.25) is 0 Å². The molecular weight excluding hydrogens is 295 g/mol. The quantitative estimate of drug-likeness (QED) is 0.385. The molecule has 0 atom stereocenters. The van der Waals surface area contributed by atoms with E-state index in [4.69, 9.17) is 27.3 Å². The first-order chi connectivity index (χ1) is 10.1. The van der Waals surface area contributed by atoms with Gasteiger partial charge in [-0.15, -0.1) is 0 Å². The fourth-order valence-electron chi connectivity index (χ4n) is 1.83. The third-order valence-electron chi connectivity index (χ3n) is 2.94. The number of nitrogens with two attached hydrogens (primary N) is 1. The van der Waals surface area contributed by atoms with Gasteiger partial charge in [0.15, 0.2) is 5.84 Å². The van der Waals surface area contributed by atoms with Crippen molar-refractivity contribution >= 4 is 17.4 Å². The maximum Gasteiger partial charge on any atom is 0.173 e. The number of hydrogen-bond donors (Lipinski definition) is 2. The normalized spacial score (nSPS) is 11.6. The third kappa shape index (κ3) is 3.71. The van der Waals surface area contributed by atoms with Crippen LogP contribution in [-0.2, 0) is 18.0 Å². The highest BCUT2D eigenvalue weighted by atomic mass is 35.5. The van der Waals surface area contributed by atoms with Crippen LogP contribution < -0.4 is 5.73 Å². The summed E-state index contributed by atoms with van der Waals surface area (Å²) in [6.07, 6.45) is 0. The van der Waals surface area contributed by atoms with Crippen LogP contribution in [0, 0.1) is 5.82 Å². The number of ether oxygens (including phenoxy) is 1. The van der Waals surface area contributed by atoms with E-state index in [1.165, 1.54) is 6.07 Å². The predicted octanol–water partition coefficient (Wildman–Crippen LogP) is 3.29. The van der Waals surface area contributed by atoms with Gasteiger partial charge in [-0.25, -0.2) is 4.39 Å². The highest BCUT2D eigenvalue weighted by molar-refractivity contribution is 6.31. The van der Waals surface area contributed by atoms with Gasteiger partial charge in [-0.2, -0.15) is 0 Å². The minimum Gasteiger partial charge on any atom is -0.409 e. The van der Waals surface area contributed by atoms with Gasteiger partial charge in [-0.1, -0.05) is 47.1 Å². The van der Waals surface area contributed by atoms with Gasteiger partial charge in [0.25, 0.3) is 0 Å². The van der Waals surface area contributed by atoms with E-state index in [9.17, 15) is 4.39 Å². The first-order valence-corrected chi connectivity index (χ1v) is 6.57. The molecule has 0 saturated carbocycles. The first-order valence-electron chi connectivity index (χ1n) is 6.20. The van der Waals surface area contributed by atoms with Crippen molar-refractivity contribution in [1.29, 1.82) is 0 Å². The molecule has 2 aromatic rings. The molecule has 0 aliphatic heterocycles. The molecule has 0 aliphatic rings. The zero-order valence-electron chi connectivity index (χ0n) is 11.1. The van der Waals surface area contributed by atoms with Crippen LogP contribution in [0.3, 0.4) is 0 Å². The van der Waals surface area contributed by atoms with Crippen LogP contribution in [0.1, 0.15) is 16.7 Å². The molecule has 0 radical (unpaired) electrons. The fourth-order valence-corrected chi connectivity index (χ4v) is 2.02. The summed E-state index contributed by atoms with van der Waals surface area (Å²) in [7, 11) is 0. The van der Waals surface area contributed by atoms with Crippen molar-refractivity contribution in [3.05, 3.63) is 70.0 Å². The van der Waals surface area contributed by atoms with Crippen LogP contribution >= 0.6 is 11.6 Å². The number of nitrogens with zero attached hydrogens (tertiary/aromatic N) is 1. The third-order valence-corrected chi connectivity index (χ3v) is 3.30. The van der Waals surface area contributed by atoms with Crippen LogP contribution in [0.2, 0.25) is 5.02 Å². The number of halogens is 2. The first kappa shape index (κ1) is 15.3. The Labute approximate surface area is 126 Å². The second-order valence-corrected chi connectivity index (χ2v) is 4.76. The molecule has 0 saturated heterocycles. The monoisotopic (exact) mass is 308 g/mol. The van der Waals surface area contributed by atoms with Gasteiger partial charge in [0.1, 0.15) is 5.82 Å². The summed E-state index contributed by atoms with van der Waals surface area (Å²) in [4.78, 5) is 0. The highest BCUT2D eigenvalue weighted by Gasteiger charge is 2.11. The van der Waals surface area contributed by atoms with Crippen LogP contribution in [0.25, 0.3) is 0 Å². The summed E-state index contributed by atoms with van der Waals surface area (Å²) < 4.78 is 19.6. The van der Waals surface area contributed by atoms with Crippen molar-refractivity contribution in [1.82, 2.24) is 0 Å². The molecule has 4 nitrogen and oxygen atoms in total. The summed E-state index contributed by atoms with van der Waals surface area (Å²) >= 11 is 6.01. The van der Waals surface area contributed by atoms with E-state index < -0.39 is 5.82 Å². The zero-order chi connectivity index (χ0) is 15.2. The molecule has 0 amide bonds. The van der Waals surface area contributed by atoms with E-state index in [1.807, 2.05) is 18.2 Å². The Morgan fingerprint density at radius 2 is 1.81 bits per heavy atom. The second-order valence-electron chi connectivity index (χ2n) is 4.35. The molecule has 0 fully saturated rings. The van der Waals surface area contributed by atoms with Crippen LogP contribution in [0.15, 0.2) is 47.6 Å². The van der Waals surface area contributed by atoms with Gasteiger partial charge in [0, 0.05) is 10.6 Å². The van der Waals surface area contributed by atoms with Gasteiger partial charge >= 0.3 is 0 Å². The number of amidine groups is 1. The summed E-state index contributed by atoms with van der Waals surface area (Å²) in [5.41, 5.74) is 6.59. The van der Waals surface area contributed by atoms with Gasteiger partial charge in [0.05, 0.1) is 18.8 Å². The lowest BCUT2D eigenvalue weighted by atomic mass is 10.1. The lowest BCUT2D eigenvalue weighted by Crippen LogP contribution is -2.16. The molecule has 110 valence electrons. The molecule has 21 heavy (non-hydrogen) atoms.